The molecule has 0 aliphatic carbocycles. The summed E-state index contributed by atoms with van der Waals surface area (Å²) in [5.74, 6) is 0.199. The van der Waals surface area contributed by atoms with Gasteiger partial charge in [-0.2, -0.15) is 26.3 Å². The summed E-state index contributed by atoms with van der Waals surface area (Å²) in [6, 6.07) is 11.2. The lowest BCUT2D eigenvalue weighted by atomic mass is 10.1. The van der Waals surface area contributed by atoms with E-state index in [9.17, 15) is 35.9 Å². The van der Waals surface area contributed by atoms with Crippen LogP contribution in [-0.2, 0) is 12.4 Å². The smallest absolute Gasteiger partial charge is 0.315 e. The Morgan fingerprint density at radius 2 is 1.55 bits per heavy atom. The van der Waals surface area contributed by atoms with Gasteiger partial charge in [0.2, 0.25) is 0 Å². The Kier molecular flexibility index (Phi) is 8.38. The van der Waals surface area contributed by atoms with Crippen molar-refractivity contribution in [2.75, 3.05) is 11.9 Å². The van der Waals surface area contributed by atoms with Gasteiger partial charge in [-0.3, -0.25) is 9.36 Å². The summed E-state index contributed by atoms with van der Waals surface area (Å²) in [5, 5.41) is 2.54. The molecule has 0 radical (unpaired) electrons. The highest BCUT2D eigenvalue weighted by molar-refractivity contribution is 5.90. The zero-order valence-corrected chi connectivity index (χ0v) is 23.2. The Hall–Kier alpha value is -4.35. The van der Waals surface area contributed by atoms with E-state index in [-0.39, 0.29) is 30.4 Å². The molecule has 4 rings (SSSR count). The Bertz CT molecular complexity index is 1660. The summed E-state index contributed by atoms with van der Waals surface area (Å²) in [6.07, 6.45) is -9.92. The zero-order chi connectivity index (χ0) is 31.0. The average Bonchev–Trinajstić information content (AvgIpc) is 2.91. The first kappa shape index (κ1) is 30.6. The number of carbonyl (C=O) groups is 1. The fourth-order valence-electron chi connectivity index (χ4n) is 4.93. The molecular weight excluding hydrogens is 562 g/mol. The summed E-state index contributed by atoms with van der Waals surface area (Å²) >= 11 is 0. The van der Waals surface area contributed by atoms with E-state index < -0.39 is 41.2 Å². The molecule has 222 valence electrons. The molecule has 1 N–H and O–H groups in total. The van der Waals surface area contributed by atoms with E-state index in [4.69, 9.17) is 4.98 Å². The number of amides is 2. The fourth-order valence-corrected chi connectivity index (χ4v) is 4.93. The summed E-state index contributed by atoms with van der Waals surface area (Å²) in [4.78, 5) is 33.3. The number of hydrogen-bond donors (Lipinski definition) is 1. The lowest BCUT2D eigenvalue weighted by Gasteiger charge is -2.32. The summed E-state index contributed by atoms with van der Waals surface area (Å²) in [7, 11) is 0. The molecule has 0 spiro atoms. The van der Waals surface area contributed by atoms with E-state index >= 15 is 0 Å². The van der Waals surface area contributed by atoms with Crippen LogP contribution in [0.4, 0.5) is 36.8 Å². The third-order valence-electron chi connectivity index (χ3n) is 6.90. The van der Waals surface area contributed by atoms with Gasteiger partial charge in [0.25, 0.3) is 5.56 Å². The van der Waals surface area contributed by atoms with Crippen LogP contribution >= 0.6 is 0 Å². The van der Waals surface area contributed by atoms with Gasteiger partial charge >= 0.3 is 18.4 Å². The monoisotopic (exact) mass is 590 g/mol. The van der Waals surface area contributed by atoms with Crippen molar-refractivity contribution in [3.05, 3.63) is 99.1 Å². The maximum atomic E-state index is 13.8. The van der Waals surface area contributed by atoms with Crippen LogP contribution in [0, 0.1) is 13.8 Å². The molecule has 1 atom stereocenters. The number of nitrogens with one attached hydrogen (secondary N) is 1. The molecule has 0 saturated carbocycles. The average molecular weight is 591 g/mol. The number of para-hydroxylation sites is 1. The SMILES string of the molecule is CCC(c1nc2ccccc2c(=O)n1-c1ccc(C)cc1C)N(CC)C(=O)Nc1cc(C(F)(F)F)cc(C(F)(F)F)c1. The molecule has 12 heteroatoms. The van der Waals surface area contributed by atoms with Crippen molar-refractivity contribution in [3.63, 3.8) is 0 Å². The number of aryl methyl sites for hydroxylation is 2. The van der Waals surface area contributed by atoms with Gasteiger partial charge in [0.1, 0.15) is 5.82 Å². The maximum absolute atomic E-state index is 13.8. The van der Waals surface area contributed by atoms with Crippen molar-refractivity contribution >= 4 is 22.6 Å². The van der Waals surface area contributed by atoms with Gasteiger partial charge in [-0.15, -0.1) is 0 Å². The Balaban J connectivity index is 1.85. The lowest BCUT2D eigenvalue weighted by molar-refractivity contribution is -0.143. The topological polar surface area (TPSA) is 67.2 Å². The first-order chi connectivity index (χ1) is 19.6. The van der Waals surface area contributed by atoms with Crippen LogP contribution in [0.3, 0.4) is 0 Å². The molecule has 0 aliphatic rings. The molecule has 42 heavy (non-hydrogen) atoms. The third-order valence-corrected chi connectivity index (χ3v) is 6.90. The second kappa shape index (κ2) is 11.5. The summed E-state index contributed by atoms with van der Waals surface area (Å²) < 4.78 is 81.8. The third kappa shape index (κ3) is 6.12. The van der Waals surface area contributed by atoms with Crippen molar-refractivity contribution in [2.24, 2.45) is 0 Å². The van der Waals surface area contributed by atoms with Crippen molar-refractivity contribution < 1.29 is 31.1 Å². The van der Waals surface area contributed by atoms with E-state index in [2.05, 4.69) is 5.32 Å². The van der Waals surface area contributed by atoms with Gasteiger partial charge in [0, 0.05) is 12.2 Å². The highest BCUT2D eigenvalue weighted by Crippen LogP contribution is 2.38. The zero-order valence-electron chi connectivity index (χ0n) is 23.2. The summed E-state index contributed by atoms with van der Waals surface area (Å²) in [5.41, 5.74) is -1.53. The van der Waals surface area contributed by atoms with Crippen LogP contribution in [0.15, 0.2) is 65.5 Å². The van der Waals surface area contributed by atoms with Gasteiger partial charge in [-0.1, -0.05) is 36.8 Å². The van der Waals surface area contributed by atoms with Gasteiger partial charge in [-0.25, -0.2) is 9.78 Å². The highest BCUT2D eigenvalue weighted by Gasteiger charge is 2.37. The van der Waals surface area contributed by atoms with Crippen molar-refractivity contribution in [2.45, 2.75) is 52.5 Å². The molecule has 3 aromatic carbocycles. The minimum Gasteiger partial charge on any atom is -0.315 e. The number of aromatic nitrogens is 2. The molecule has 0 saturated heterocycles. The number of nitrogens with zero attached hydrogens (tertiary/aromatic N) is 3. The Labute approximate surface area is 237 Å². The molecule has 2 amide bonds. The number of alkyl halides is 6. The van der Waals surface area contributed by atoms with Crippen LogP contribution in [0.5, 0.6) is 0 Å². The van der Waals surface area contributed by atoms with Crippen LogP contribution < -0.4 is 10.9 Å². The molecule has 1 aromatic heterocycles. The predicted octanol–water partition coefficient (Wildman–Crippen LogP) is 8.05. The highest BCUT2D eigenvalue weighted by atomic mass is 19.4. The van der Waals surface area contributed by atoms with Crippen LogP contribution in [0.1, 0.15) is 54.4 Å². The van der Waals surface area contributed by atoms with Gasteiger partial charge in [0.05, 0.1) is 33.8 Å². The van der Waals surface area contributed by atoms with Crippen LogP contribution in [0.2, 0.25) is 0 Å². The second-order valence-corrected chi connectivity index (χ2v) is 9.85. The summed E-state index contributed by atoms with van der Waals surface area (Å²) in [6.45, 7) is 7.07. The van der Waals surface area contributed by atoms with Crippen molar-refractivity contribution in [3.8, 4) is 5.69 Å². The molecule has 0 bridgehead atoms. The molecule has 1 heterocycles. The van der Waals surface area contributed by atoms with E-state index in [1.807, 2.05) is 26.0 Å². The van der Waals surface area contributed by atoms with Crippen LogP contribution in [0.25, 0.3) is 16.6 Å². The standard InChI is InChI=1S/C30H28F6N4O2/c1-5-24(39(6-2)28(42)37-21-15-19(29(31,32)33)14-20(16-21)30(34,35)36)26-38-23-10-8-7-9-22(23)27(41)40(26)25-12-11-17(3)13-18(25)4/h7-16,24H,5-6H2,1-4H3,(H,37,42). The molecule has 1 unspecified atom stereocenters. The van der Waals surface area contributed by atoms with Crippen LogP contribution in [-0.4, -0.2) is 27.0 Å². The number of rotatable bonds is 6. The largest absolute Gasteiger partial charge is 0.416 e. The maximum Gasteiger partial charge on any atom is 0.416 e. The van der Waals surface area contributed by atoms with Gasteiger partial charge < -0.3 is 10.2 Å². The minimum absolute atomic E-state index is 0.00497. The first-order valence-corrected chi connectivity index (χ1v) is 13.1. The molecule has 0 aliphatic heterocycles. The molecule has 0 fully saturated rings. The van der Waals surface area contributed by atoms with E-state index in [1.165, 1.54) is 9.47 Å². The number of benzene rings is 3. The minimum atomic E-state index is -5.08. The van der Waals surface area contributed by atoms with E-state index in [0.29, 0.717) is 28.7 Å². The van der Waals surface area contributed by atoms with Crippen molar-refractivity contribution in [1.29, 1.82) is 0 Å². The van der Waals surface area contributed by atoms with E-state index in [1.54, 1.807) is 44.2 Å². The quantitative estimate of drug-likeness (QED) is 0.231. The van der Waals surface area contributed by atoms with Gasteiger partial charge in [-0.05, 0) is 69.2 Å². The molecule has 6 nitrogen and oxygen atoms in total. The number of hydrogen-bond acceptors (Lipinski definition) is 3. The van der Waals surface area contributed by atoms with E-state index in [0.717, 1.165) is 11.1 Å². The normalized spacial score (nSPS) is 12.8. The molecular formula is C30H28F6N4O2. The van der Waals surface area contributed by atoms with Crippen molar-refractivity contribution in [1.82, 2.24) is 14.5 Å². The Morgan fingerprint density at radius 1 is 0.929 bits per heavy atom. The number of fused-ring (bicyclic) bond motifs is 1. The first-order valence-electron chi connectivity index (χ1n) is 13.1. The lowest BCUT2D eigenvalue weighted by Crippen LogP contribution is -2.40. The second-order valence-electron chi connectivity index (χ2n) is 9.85. The number of halogens is 6. The predicted molar refractivity (Wildman–Crippen MR) is 148 cm³/mol. The van der Waals surface area contributed by atoms with Gasteiger partial charge in [0.15, 0.2) is 0 Å². The number of anilines is 1. The molecule has 4 aromatic rings. The fraction of sp³-hybridized carbons (Fsp3) is 0.300. The Morgan fingerprint density at radius 3 is 2.10 bits per heavy atom. The number of carbonyl (C=O) groups excluding carboxylic acids is 1. The number of urea groups is 1.